The highest BCUT2D eigenvalue weighted by atomic mass is 16.6. The lowest BCUT2D eigenvalue weighted by Crippen LogP contribution is -2.28. The van der Waals surface area contributed by atoms with E-state index in [9.17, 15) is 14.7 Å². The molecule has 1 atom stereocenters. The maximum Gasteiger partial charge on any atom is 0.306 e. The third-order valence-electron chi connectivity index (χ3n) is 13.0. The highest BCUT2D eigenvalue weighted by Gasteiger charge is 2.16. The number of hydrogen-bond donors (Lipinski definition) is 1. The van der Waals surface area contributed by atoms with Crippen molar-refractivity contribution in [1.29, 1.82) is 0 Å². The Morgan fingerprint density at radius 1 is 0.295 bits per heavy atom. The van der Waals surface area contributed by atoms with Crippen LogP contribution in [0.2, 0.25) is 0 Å². The molecule has 0 bridgehead atoms. The van der Waals surface area contributed by atoms with Crippen LogP contribution in [0.3, 0.4) is 0 Å². The number of rotatable bonds is 56. The predicted octanol–water partition coefficient (Wildman–Crippen LogP) is 22.1. The van der Waals surface area contributed by atoms with Crippen LogP contribution in [0.25, 0.3) is 0 Å². The second kappa shape index (κ2) is 66.5. The molecule has 78 heavy (non-hydrogen) atoms. The van der Waals surface area contributed by atoms with Crippen LogP contribution in [0.5, 0.6) is 0 Å². The third kappa shape index (κ3) is 63.8. The van der Waals surface area contributed by atoms with Crippen molar-refractivity contribution >= 4 is 11.9 Å². The summed E-state index contributed by atoms with van der Waals surface area (Å²) in [5, 5.41) is 9.67. The second-order valence-electron chi connectivity index (χ2n) is 20.4. The van der Waals surface area contributed by atoms with E-state index in [1.54, 1.807) is 0 Å². The number of carbonyl (C=O) groups is 2. The van der Waals surface area contributed by atoms with Gasteiger partial charge >= 0.3 is 11.9 Å². The summed E-state index contributed by atoms with van der Waals surface area (Å²) in [5.41, 5.74) is 0. The van der Waals surface area contributed by atoms with E-state index in [0.717, 1.165) is 122 Å². The molecule has 0 saturated heterocycles. The van der Waals surface area contributed by atoms with Crippen molar-refractivity contribution in [1.82, 2.24) is 0 Å². The maximum absolute atomic E-state index is 12.3. The molecule has 0 aliphatic carbocycles. The molecule has 0 saturated carbocycles. The predicted molar refractivity (Wildman–Crippen MR) is 343 cm³/mol. The Balaban J connectivity index is 3.57. The Kier molecular flexibility index (Phi) is 62.5. The lowest BCUT2D eigenvalue weighted by molar-refractivity contribution is -0.161. The average Bonchev–Trinajstić information content (AvgIpc) is 3.44. The first-order chi connectivity index (χ1) is 38.6. The van der Waals surface area contributed by atoms with E-state index in [4.69, 9.17) is 9.47 Å². The van der Waals surface area contributed by atoms with Gasteiger partial charge in [-0.3, -0.25) is 9.59 Å². The van der Waals surface area contributed by atoms with Gasteiger partial charge in [0.25, 0.3) is 0 Å². The summed E-state index contributed by atoms with van der Waals surface area (Å²) in [4.78, 5) is 24.6. The standard InChI is InChI=1S/C73H116O5/c1-3-5-7-9-11-13-15-17-19-21-23-25-27-29-31-32-33-34-35-36-37-38-39-40-42-43-45-47-49-51-53-55-57-59-61-63-65-67-72(75)77-70-71(69-74)78-73(76)68-66-64-62-60-58-56-54-52-50-48-46-44-41-30-28-26-24-22-20-18-16-14-12-10-8-6-4-2/h5-8,11-14,17-20,23-26,29-31,33-34,41,46,48,52,54,58,60,71,74H,3-4,9-10,15-16,21-22,27-28,32,35-40,42-45,47,49-51,53,55-57,59,61-70H2,1-2H3/b7-5-,8-6-,13-11-,14-12-,19-17-,20-18-,25-23-,26-24-,31-29-,34-33-,41-30-,48-46-,54-52-,60-58-. The number of aliphatic hydroxyl groups excluding tert-OH is 1. The molecule has 0 spiro atoms. The van der Waals surface area contributed by atoms with Gasteiger partial charge in [-0.1, -0.05) is 287 Å². The van der Waals surface area contributed by atoms with Crippen molar-refractivity contribution < 1.29 is 24.2 Å². The normalized spacial score (nSPS) is 13.4. The van der Waals surface area contributed by atoms with Gasteiger partial charge in [-0.05, 0) is 128 Å². The van der Waals surface area contributed by atoms with Gasteiger partial charge in [-0.25, -0.2) is 0 Å². The van der Waals surface area contributed by atoms with E-state index in [0.29, 0.717) is 19.3 Å². The second-order valence-corrected chi connectivity index (χ2v) is 20.4. The summed E-state index contributed by atoms with van der Waals surface area (Å²) in [5.74, 6) is -0.647. The summed E-state index contributed by atoms with van der Waals surface area (Å²) in [6, 6.07) is 0. The Bertz CT molecular complexity index is 1740. The maximum atomic E-state index is 12.3. The van der Waals surface area contributed by atoms with Crippen molar-refractivity contribution in [2.45, 2.75) is 264 Å². The summed E-state index contributed by atoms with van der Waals surface area (Å²) >= 11 is 0. The molecule has 0 rings (SSSR count). The van der Waals surface area contributed by atoms with E-state index in [1.807, 2.05) is 0 Å². The summed E-state index contributed by atoms with van der Waals surface area (Å²) < 4.78 is 10.7. The number of aliphatic hydroxyl groups is 1. The number of allylic oxidation sites excluding steroid dienone is 28. The van der Waals surface area contributed by atoms with E-state index in [1.165, 1.54) is 103 Å². The molecule has 438 valence electrons. The monoisotopic (exact) mass is 1070 g/mol. The minimum atomic E-state index is -0.808. The lowest BCUT2D eigenvalue weighted by atomic mass is 10.0. The molecule has 5 nitrogen and oxygen atoms in total. The zero-order valence-electron chi connectivity index (χ0n) is 50.1. The van der Waals surface area contributed by atoms with Crippen molar-refractivity contribution in [3.05, 3.63) is 170 Å². The van der Waals surface area contributed by atoms with Gasteiger partial charge in [-0.15, -0.1) is 0 Å². The minimum Gasteiger partial charge on any atom is -0.462 e. The van der Waals surface area contributed by atoms with E-state index in [-0.39, 0.29) is 25.2 Å². The quantitative estimate of drug-likeness (QED) is 0.0373. The smallest absolute Gasteiger partial charge is 0.306 e. The van der Waals surface area contributed by atoms with Gasteiger partial charge in [0.15, 0.2) is 6.10 Å². The Hall–Kier alpha value is -4.74. The molecule has 0 aromatic heterocycles. The molecule has 0 fully saturated rings. The Morgan fingerprint density at radius 2 is 0.513 bits per heavy atom. The van der Waals surface area contributed by atoms with E-state index in [2.05, 4.69) is 184 Å². The first-order valence-corrected chi connectivity index (χ1v) is 31.7. The molecule has 0 aliphatic heterocycles. The summed E-state index contributed by atoms with van der Waals surface area (Å²) in [6.45, 7) is 3.88. The molecule has 1 N–H and O–H groups in total. The highest BCUT2D eigenvalue weighted by Crippen LogP contribution is 2.16. The lowest BCUT2D eigenvalue weighted by Gasteiger charge is -2.15. The molecule has 0 heterocycles. The SMILES string of the molecule is CC/C=C\C/C=C\C/C=C\C/C=C\C/C=C\C/C=C\C/C=C\C/C=C\CCCCC(=O)OC(CO)COC(=O)CCCCCCCCCCCCCCCCCCCC/C=C\C/C=C\C/C=C\C/C=C\C/C=C\C/C=C\CC. The van der Waals surface area contributed by atoms with Gasteiger partial charge in [0.2, 0.25) is 0 Å². The Labute approximate surface area is 481 Å². The zero-order valence-corrected chi connectivity index (χ0v) is 50.1. The van der Waals surface area contributed by atoms with E-state index >= 15 is 0 Å². The largest absolute Gasteiger partial charge is 0.462 e. The van der Waals surface area contributed by atoms with Crippen LogP contribution in [0.4, 0.5) is 0 Å². The fraction of sp³-hybridized carbons (Fsp3) is 0.589. The van der Waals surface area contributed by atoms with Crippen molar-refractivity contribution in [2.75, 3.05) is 13.2 Å². The van der Waals surface area contributed by atoms with Crippen molar-refractivity contribution in [3.8, 4) is 0 Å². The molecule has 5 heteroatoms. The van der Waals surface area contributed by atoms with Crippen molar-refractivity contribution in [2.24, 2.45) is 0 Å². The van der Waals surface area contributed by atoms with E-state index < -0.39 is 6.10 Å². The average molecular weight is 1070 g/mol. The first-order valence-electron chi connectivity index (χ1n) is 31.7. The molecule has 0 amide bonds. The van der Waals surface area contributed by atoms with Gasteiger partial charge in [-0.2, -0.15) is 0 Å². The van der Waals surface area contributed by atoms with Gasteiger partial charge in [0.05, 0.1) is 6.61 Å². The topological polar surface area (TPSA) is 72.8 Å². The minimum absolute atomic E-state index is 0.0925. The fourth-order valence-electron chi connectivity index (χ4n) is 8.34. The van der Waals surface area contributed by atoms with Crippen LogP contribution in [-0.2, 0) is 19.1 Å². The van der Waals surface area contributed by atoms with Gasteiger partial charge < -0.3 is 14.6 Å². The van der Waals surface area contributed by atoms with Crippen molar-refractivity contribution in [3.63, 3.8) is 0 Å². The van der Waals surface area contributed by atoms with Gasteiger partial charge in [0.1, 0.15) is 6.61 Å². The van der Waals surface area contributed by atoms with Crippen LogP contribution in [-0.4, -0.2) is 36.4 Å². The van der Waals surface area contributed by atoms with Crippen LogP contribution in [0, 0.1) is 0 Å². The molecule has 1 unspecified atom stereocenters. The van der Waals surface area contributed by atoms with Crippen LogP contribution in [0.15, 0.2) is 170 Å². The molecule has 0 aromatic rings. The number of carbonyl (C=O) groups excluding carboxylic acids is 2. The number of unbranched alkanes of at least 4 members (excludes halogenated alkanes) is 20. The van der Waals surface area contributed by atoms with Crippen LogP contribution >= 0.6 is 0 Å². The third-order valence-corrected chi connectivity index (χ3v) is 13.0. The molecule has 0 aromatic carbocycles. The zero-order chi connectivity index (χ0) is 56.2. The molecule has 0 radical (unpaired) electrons. The van der Waals surface area contributed by atoms with Gasteiger partial charge in [0, 0.05) is 12.8 Å². The summed E-state index contributed by atoms with van der Waals surface area (Å²) in [7, 11) is 0. The number of ether oxygens (including phenoxy) is 2. The fourth-order valence-corrected chi connectivity index (χ4v) is 8.34. The van der Waals surface area contributed by atoms with Crippen LogP contribution < -0.4 is 0 Å². The first kappa shape index (κ1) is 73.3. The van der Waals surface area contributed by atoms with Crippen LogP contribution in [0.1, 0.15) is 258 Å². The molecular weight excluding hydrogens is 957 g/mol. The summed E-state index contributed by atoms with van der Waals surface area (Å²) in [6.07, 6.45) is 103. The molecule has 0 aliphatic rings. The number of esters is 2. The highest BCUT2D eigenvalue weighted by molar-refractivity contribution is 5.70. The number of hydrogen-bond acceptors (Lipinski definition) is 5. The Morgan fingerprint density at radius 3 is 0.795 bits per heavy atom. The molecular formula is C73H116O5.